The van der Waals surface area contributed by atoms with E-state index in [1.807, 2.05) is 17.1 Å². The summed E-state index contributed by atoms with van der Waals surface area (Å²) in [5.41, 5.74) is 0.450. The van der Waals surface area contributed by atoms with Crippen LogP contribution < -0.4 is 5.01 Å². The van der Waals surface area contributed by atoms with Gasteiger partial charge in [0.2, 0.25) is 0 Å². The van der Waals surface area contributed by atoms with Crippen molar-refractivity contribution < 1.29 is 8.78 Å². The molecule has 2 nitrogen and oxygen atoms in total. The summed E-state index contributed by atoms with van der Waals surface area (Å²) in [4.78, 5) is 0. The van der Waals surface area contributed by atoms with Crippen molar-refractivity contribution in [2.75, 3.05) is 25.1 Å². The van der Waals surface area contributed by atoms with Gasteiger partial charge in [0.1, 0.15) is 5.82 Å². The second-order valence-corrected chi connectivity index (χ2v) is 3.45. The van der Waals surface area contributed by atoms with E-state index in [0.29, 0.717) is 5.69 Å². The Bertz CT molecular complexity index is 341. The van der Waals surface area contributed by atoms with Crippen molar-refractivity contribution >= 4 is 5.69 Å². The molecule has 1 aliphatic rings. The summed E-state index contributed by atoms with van der Waals surface area (Å²) in [6, 6.07) is 3.68. The molecule has 1 fully saturated rings. The molecule has 0 unspecified atom stereocenters. The van der Waals surface area contributed by atoms with E-state index in [2.05, 4.69) is 0 Å². The number of benzene rings is 1. The molecule has 0 atom stereocenters. The highest BCUT2D eigenvalue weighted by atomic mass is 19.1. The Labute approximate surface area is 81.7 Å². The van der Waals surface area contributed by atoms with Crippen LogP contribution in [0.4, 0.5) is 14.5 Å². The fourth-order valence-electron chi connectivity index (χ4n) is 1.74. The van der Waals surface area contributed by atoms with Crippen molar-refractivity contribution in [3.8, 4) is 0 Å². The first-order valence-electron chi connectivity index (χ1n) is 4.62. The van der Waals surface area contributed by atoms with Crippen LogP contribution in [0.2, 0.25) is 0 Å². The molecule has 0 spiro atoms. The van der Waals surface area contributed by atoms with Crippen molar-refractivity contribution in [1.82, 2.24) is 5.01 Å². The Hall–Kier alpha value is -1.16. The van der Waals surface area contributed by atoms with Gasteiger partial charge in [0.15, 0.2) is 5.82 Å². The molecule has 0 N–H and O–H groups in total. The molecule has 1 aromatic rings. The summed E-state index contributed by atoms with van der Waals surface area (Å²) in [6.07, 6.45) is 1.01. The van der Waals surface area contributed by atoms with Gasteiger partial charge in [-0.2, -0.15) is 0 Å². The van der Waals surface area contributed by atoms with Crippen molar-refractivity contribution in [1.29, 1.82) is 0 Å². The number of nitrogens with zero attached hydrogens (tertiary/aromatic N) is 2. The Morgan fingerprint density at radius 3 is 2.57 bits per heavy atom. The normalized spacial score (nSPS) is 17.8. The van der Waals surface area contributed by atoms with Crippen LogP contribution in [0.5, 0.6) is 0 Å². The van der Waals surface area contributed by atoms with E-state index in [4.69, 9.17) is 0 Å². The van der Waals surface area contributed by atoms with E-state index in [-0.39, 0.29) is 0 Å². The predicted molar refractivity (Wildman–Crippen MR) is 51.0 cm³/mol. The molecule has 0 aromatic heterocycles. The predicted octanol–water partition coefficient (Wildman–Crippen LogP) is 2.02. The van der Waals surface area contributed by atoms with Crippen LogP contribution in [0, 0.1) is 11.6 Å². The quantitative estimate of drug-likeness (QED) is 0.681. The van der Waals surface area contributed by atoms with Gasteiger partial charge in [-0.25, -0.2) is 13.8 Å². The standard InChI is InChI=1S/C10H12F2N2/c1-13-5-2-6-14(13)10-4-3-8(11)7-9(10)12/h3-4,7H,2,5-6H2,1H3. The van der Waals surface area contributed by atoms with Gasteiger partial charge in [0.05, 0.1) is 5.69 Å². The highest BCUT2D eigenvalue weighted by Crippen LogP contribution is 2.24. The molecular formula is C10H12F2N2. The van der Waals surface area contributed by atoms with Crippen molar-refractivity contribution in [3.63, 3.8) is 0 Å². The number of halogens is 2. The zero-order chi connectivity index (χ0) is 10.1. The summed E-state index contributed by atoms with van der Waals surface area (Å²) < 4.78 is 26.0. The molecule has 2 rings (SSSR count). The van der Waals surface area contributed by atoms with Crippen molar-refractivity contribution in [3.05, 3.63) is 29.8 Å². The minimum atomic E-state index is -0.534. The molecule has 4 heteroatoms. The Morgan fingerprint density at radius 2 is 2.00 bits per heavy atom. The largest absolute Gasteiger partial charge is 0.303 e. The second-order valence-electron chi connectivity index (χ2n) is 3.45. The maximum atomic E-state index is 13.4. The summed E-state index contributed by atoms with van der Waals surface area (Å²) >= 11 is 0. The molecule has 14 heavy (non-hydrogen) atoms. The smallest absolute Gasteiger partial charge is 0.150 e. The van der Waals surface area contributed by atoms with E-state index >= 15 is 0 Å². The van der Waals surface area contributed by atoms with Gasteiger partial charge in [0.25, 0.3) is 0 Å². The maximum Gasteiger partial charge on any atom is 0.150 e. The Kier molecular flexibility index (Phi) is 2.37. The third kappa shape index (κ3) is 1.57. The van der Waals surface area contributed by atoms with E-state index in [0.717, 1.165) is 25.6 Å². The highest BCUT2D eigenvalue weighted by molar-refractivity contribution is 5.47. The van der Waals surface area contributed by atoms with Crippen LogP contribution in [-0.4, -0.2) is 25.1 Å². The first kappa shape index (κ1) is 9.40. The molecule has 0 amide bonds. The molecule has 0 aliphatic carbocycles. The Morgan fingerprint density at radius 1 is 1.21 bits per heavy atom. The maximum absolute atomic E-state index is 13.4. The first-order valence-corrected chi connectivity index (χ1v) is 4.62. The second kappa shape index (κ2) is 3.53. The molecule has 1 aliphatic heterocycles. The molecule has 1 heterocycles. The lowest BCUT2D eigenvalue weighted by molar-refractivity contribution is 0.377. The van der Waals surface area contributed by atoms with E-state index < -0.39 is 11.6 Å². The third-order valence-electron chi connectivity index (χ3n) is 2.45. The van der Waals surface area contributed by atoms with Gasteiger partial charge < -0.3 is 5.01 Å². The van der Waals surface area contributed by atoms with Crippen LogP contribution in [0.15, 0.2) is 18.2 Å². The van der Waals surface area contributed by atoms with Gasteiger partial charge in [-0.1, -0.05) is 0 Å². The fraction of sp³-hybridized carbons (Fsp3) is 0.400. The van der Waals surface area contributed by atoms with E-state index in [9.17, 15) is 8.78 Å². The lowest BCUT2D eigenvalue weighted by Gasteiger charge is -2.26. The average molecular weight is 198 g/mol. The minimum Gasteiger partial charge on any atom is -0.303 e. The molecule has 1 aromatic carbocycles. The van der Waals surface area contributed by atoms with Crippen LogP contribution in [0.3, 0.4) is 0 Å². The number of rotatable bonds is 1. The van der Waals surface area contributed by atoms with Crippen LogP contribution in [-0.2, 0) is 0 Å². The molecule has 76 valence electrons. The number of hydrazine groups is 1. The van der Waals surface area contributed by atoms with Gasteiger partial charge in [0, 0.05) is 26.2 Å². The zero-order valence-electron chi connectivity index (χ0n) is 8.00. The number of anilines is 1. The van der Waals surface area contributed by atoms with Gasteiger partial charge in [-0.15, -0.1) is 0 Å². The summed E-state index contributed by atoms with van der Waals surface area (Å²) in [7, 11) is 1.90. The summed E-state index contributed by atoms with van der Waals surface area (Å²) in [5, 5.41) is 3.77. The number of hydrogen-bond donors (Lipinski definition) is 0. The molecule has 0 bridgehead atoms. The monoisotopic (exact) mass is 198 g/mol. The van der Waals surface area contributed by atoms with Crippen molar-refractivity contribution in [2.24, 2.45) is 0 Å². The van der Waals surface area contributed by atoms with E-state index in [1.165, 1.54) is 12.1 Å². The third-order valence-corrected chi connectivity index (χ3v) is 2.45. The average Bonchev–Trinajstić information content (AvgIpc) is 2.52. The zero-order valence-corrected chi connectivity index (χ0v) is 8.00. The van der Waals surface area contributed by atoms with Gasteiger partial charge in [-0.3, -0.25) is 0 Å². The summed E-state index contributed by atoms with van der Waals surface area (Å²) in [5.74, 6) is -1.04. The minimum absolute atomic E-state index is 0.450. The molecule has 0 radical (unpaired) electrons. The lowest BCUT2D eigenvalue weighted by atomic mass is 10.3. The molecule has 1 saturated heterocycles. The fourth-order valence-corrected chi connectivity index (χ4v) is 1.74. The molecule has 0 saturated carbocycles. The molecular weight excluding hydrogens is 186 g/mol. The van der Waals surface area contributed by atoms with Crippen LogP contribution >= 0.6 is 0 Å². The lowest BCUT2D eigenvalue weighted by Crippen LogP contribution is -2.33. The SMILES string of the molecule is CN1CCCN1c1ccc(F)cc1F. The van der Waals surface area contributed by atoms with Crippen LogP contribution in [0.1, 0.15) is 6.42 Å². The number of hydrogen-bond acceptors (Lipinski definition) is 2. The first-order chi connectivity index (χ1) is 6.68. The summed E-state index contributed by atoms with van der Waals surface area (Å²) in [6.45, 7) is 1.70. The van der Waals surface area contributed by atoms with E-state index in [1.54, 1.807) is 0 Å². The topological polar surface area (TPSA) is 6.48 Å². The van der Waals surface area contributed by atoms with Crippen LogP contribution in [0.25, 0.3) is 0 Å². The van der Waals surface area contributed by atoms with Gasteiger partial charge >= 0.3 is 0 Å². The van der Waals surface area contributed by atoms with Crippen molar-refractivity contribution in [2.45, 2.75) is 6.42 Å². The Balaban J connectivity index is 2.31. The van der Waals surface area contributed by atoms with Gasteiger partial charge in [-0.05, 0) is 18.6 Å². The highest BCUT2D eigenvalue weighted by Gasteiger charge is 2.21.